The minimum Gasteiger partial charge on any atom is -0.508 e. The molecule has 1 aliphatic heterocycles. The number of phenols is 1. The van der Waals surface area contributed by atoms with Gasteiger partial charge in [0, 0.05) is 37.9 Å². The number of hydrogen-bond donors (Lipinski definition) is 1. The normalized spacial score (nSPS) is 13.5. The zero-order valence-corrected chi connectivity index (χ0v) is 21.7. The standard InChI is InChI=1S/C30H39N3O3/c1-35-29-19-24-14-18-32(22-26(24)20-30(29)36-2)16-9-3-4-10-17-33(23-27-12-7-8-15-31-27)21-25-11-5-6-13-28(25)34/h5-8,11-13,15,19-20,34H,3-4,9-10,14,16-18,21-23H2,1-2H3. The molecule has 4 rings (SSSR count). The second kappa shape index (κ2) is 13.3. The first-order chi connectivity index (χ1) is 17.7. The third-order valence-corrected chi connectivity index (χ3v) is 6.99. The first-order valence-corrected chi connectivity index (χ1v) is 13.0. The van der Waals surface area contributed by atoms with Crippen LogP contribution in [0.3, 0.4) is 0 Å². The monoisotopic (exact) mass is 489 g/mol. The molecule has 2 heterocycles. The number of nitrogens with zero attached hydrogens (tertiary/aromatic N) is 3. The van der Waals surface area contributed by atoms with Crippen molar-refractivity contribution >= 4 is 0 Å². The van der Waals surface area contributed by atoms with Crippen molar-refractivity contribution in [3.8, 4) is 17.2 Å². The predicted molar refractivity (Wildman–Crippen MR) is 143 cm³/mol. The van der Waals surface area contributed by atoms with Gasteiger partial charge in [-0.3, -0.25) is 14.8 Å². The lowest BCUT2D eigenvalue weighted by Crippen LogP contribution is -2.31. The summed E-state index contributed by atoms with van der Waals surface area (Å²) >= 11 is 0. The van der Waals surface area contributed by atoms with E-state index in [0.717, 1.165) is 74.9 Å². The molecule has 0 aliphatic carbocycles. The molecule has 0 saturated heterocycles. The Morgan fingerprint density at radius 3 is 2.39 bits per heavy atom. The molecule has 192 valence electrons. The van der Waals surface area contributed by atoms with Crippen LogP contribution in [0.2, 0.25) is 0 Å². The maximum absolute atomic E-state index is 10.2. The Morgan fingerprint density at radius 2 is 1.64 bits per heavy atom. The van der Waals surface area contributed by atoms with Crippen LogP contribution in [0.4, 0.5) is 0 Å². The lowest BCUT2D eigenvalue weighted by Gasteiger charge is -2.29. The zero-order valence-electron chi connectivity index (χ0n) is 21.7. The fraction of sp³-hybridized carbons (Fsp3) is 0.433. The quantitative estimate of drug-likeness (QED) is 0.323. The number of aromatic hydroxyl groups is 1. The fourth-order valence-corrected chi connectivity index (χ4v) is 4.98. The molecule has 0 fully saturated rings. The molecule has 1 aromatic heterocycles. The van der Waals surface area contributed by atoms with Crippen molar-refractivity contribution in [3.05, 3.63) is 83.2 Å². The van der Waals surface area contributed by atoms with Gasteiger partial charge >= 0.3 is 0 Å². The van der Waals surface area contributed by atoms with Crippen LogP contribution in [0.15, 0.2) is 60.8 Å². The van der Waals surface area contributed by atoms with E-state index in [0.29, 0.717) is 5.75 Å². The predicted octanol–water partition coefficient (Wildman–Crippen LogP) is 5.43. The first kappa shape index (κ1) is 26.0. The van der Waals surface area contributed by atoms with E-state index in [1.165, 1.54) is 30.4 Å². The van der Waals surface area contributed by atoms with Crippen LogP contribution in [-0.2, 0) is 26.1 Å². The molecular weight excluding hydrogens is 450 g/mol. The summed E-state index contributed by atoms with van der Waals surface area (Å²) in [5, 5.41) is 10.2. The molecule has 36 heavy (non-hydrogen) atoms. The molecule has 0 saturated carbocycles. The second-order valence-corrected chi connectivity index (χ2v) is 9.58. The SMILES string of the molecule is COc1cc2c(cc1OC)CN(CCCCCCN(Cc1ccccn1)Cc1ccccc1O)CC2. The van der Waals surface area contributed by atoms with Crippen molar-refractivity contribution in [2.24, 2.45) is 0 Å². The molecule has 0 amide bonds. The summed E-state index contributed by atoms with van der Waals surface area (Å²) in [5.41, 5.74) is 4.76. The maximum Gasteiger partial charge on any atom is 0.161 e. The number of phenolic OH excluding ortho intramolecular Hbond substituents is 1. The van der Waals surface area contributed by atoms with Gasteiger partial charge in [-0.05, 0) is 73.8 Å². The number of rotatable bonds is 13. The third-order valence-electron chi connectivity index (χ3n) is 6.99. The Labute approximate surface area is 215 Å². The number of fused-ring (bicyclic) bond motifs is 1. The maximum atomic E-state index is 10.2. The van der Waals surface area contributed by atoms with Gasteiger partial charge in [0.1, 0.15) is 5.75 Å². The van der Waals surface area contributed by atoms with E-state index >= 15 is 0 Å². The van der Waals surface area contributed by atoms with Gasteiger partial charge in [-0.25, -0.2) is 0 Å². The van der Waals surface area contributed by atoms with Gasteiger partial charge < -0.3 is 14.6 Å². The summed E-state index contributed by atoms with van der Waals surface area (Å²) in [4.78, 5) is 9.45. The molecule has 1 aliphatic rings. The number of methoxy groups -OCH3 is 2. The Morgan fingerprint density at radius 1 is 0.889 bits per heavy atom. The Bertz CT molecular complexity index is 1090. The minimum absolute atomic E-state index is 0.364. The number of hydrogen-bond acceptors (Lipinski definition) is 6. The highest BCUT2D eigenvalue weighted by atomic mass is 16.5. The van der Waals surface area contributed by atoms with Gasteiger partial charge in [-0.1, -0.05) is 37.1 Å². The van der Waals surface area contributed by atoms with Crippen molar-refractivity contribution < 1.29 is 14.6 Å². The van der Waals surface area contributed by atoms with Crippen LogP contribution in [-0.4, -0.2) is 53.7 Å². The Hall–Kier alpha value is -3.09. The first-order valence-electron chi connectivity index (χ1n) is 13.0. The van der Waals surface area contributed by atoms with Crippen molar-refractivity contribution in [2.45, 2.75) is 51.7 Å². The van der Waals surface area contributed by atoms with Gasteiger partial charge in [-0.2, -0.15) is 0 Å². The average Bonchev–Trinajstić information content (AvgIpc) is 2.91. The van der Waals surface area contributed by atoms with Gasteiger partial charge in [0.15, 0.2) is 11.5 Å². The van der Waals surface area contributed by atoms with Gasteiger partial charge in [-0.15, -0.1) is 0 Å². The van der Waals surface area contributed by atoms with Crippen LogP contribution < -0.4 is 9.47 Å². The van der Waals surface area contributed by atoms with Crippen molar-refractivity contribution in [2.75, 3.05) is 33.9 Å². The average molecular weight is 490 g/mol. The highest BCUT2D eigenvalue weighted by Gasteiger charge is 2.19. The minimum atomic E-state index is 0.364. The number of benzene rings is 2. The number of aromatic nitrogens is 1. The lowest BCUT2D eigenvalue weighted by atomic mass is 9.98. The van der Waals surface area contributed by atoms with Gasteiger partial charge in [0.05, 0.1) is 19.9 Å². The Kier molecular flexibility index (Phi) is 9.59. The van der Waals surface area contributed by atoms with E-state index in [4.69, 9.17) is 9.47 Å². The number of ether oxygens (including phenoxy) is 2. The molecule has 0 radical (unpaired) electrons. The smallest absolute Gasteiger partial charge is 0.161 e. The van der Waals surface area contributed by atoms with Crippen LogP contribution in [0, 0.1) is 0 Å². The summed E-state index contributed by atoms with van der Waals surface area (Å²) in [6, 6.07) is 18.0. The van der Waals surface area contributed by atoms with Crippen molar-refractivity contribution in [1.29, 1.82) is 0 Å². The summed E-state index contributed by atoms with van der Waals surface area (Å²) in [6.45, 7) is 5.71. The molecule has 0 bridgehead atoms. The topological polar surface area (TPSA) is 58.1 Å². The number of unbranched alkanes of at least 4 members (excludes halogenated alkanes) is 3. The molecule has 1 N–H and O–H groups in total. The van der Waals surface area contributed by atoms with E-state index in [1.807, 2.05) is 36.5 Å². The molecule has 0 spiro atoms. The Balaban J connectivity index is 1.22. The number of para-hydroxylation sites is 1. The molecule has 6 heteroatoms. The van der Waals surface area contributed by atoms with E-state index in [-0.39, 0.29) is 0 Å². The van der Waals surface area contributed by atoms with Gasteiger partial charge in [0.25, 0.3) is 0 Å². The molecule has 3 aromatic rings. The van der Waals surface area contributed by atoms with E-state index < -0.39 is 0 Å². The molecule has 0 unspecified atom stereocenters. The number of pyridine rings is 1. The molecule has 6 nitrogen and oxygen atoms in total. The second-order valence-electron chi connectivity index (χ2n) is 9.58. The van der Waals surface area contributed by atoms with E-state index in [9.17, 15) is 5.11 Å². The summed E-state index contributed by atoms with van der Waals surface area (Å²) in [6.07, 6.45) is 7.68. The van der Waals surface area contributed by atoms with Crippen LogP contribution >= 0.6 is 0 Å². The van der Waals surface area contributed by atoms with E-state index in [1.54, 1.807) is 20.3 Å². The lowest BCUT2D eigenvalue weighted by molar-refractivity contribution is 0.235. The molecule has 2 aromatic carbocycles. The summed E-state index contributed by atoms with van der Waals surface area (Å²) < 4.78 is 11.0. The summed E-state index contributed by atoms with van der Waals surface area (Å²) in [5.74, 6) is 2.00. The highest BCUT2D eigenvalue weighted by Crippen LogP contribution is 2.33. The molecule has 0 atom stereocenters. The molecular formula is C30H39N3O3. The van der Waals surface area contributed by atoms with Crippen molar-refractivity contribution in [3.63, 3.8) is 0 Å². The van der Waals surface area contributed by atoms with Gasteiger partial charge in [0.2, 0.25) is 0 Å². The van der Waals surface area contributed by atoms with E-state index in [2.05, 4.69) is 33.0 Å². The van der Waals surface area contributed by atoms with Crippen molar-refractivity contribution in [1.82, 2.24) is 14.8 Å². The third kappa shape index (κ3) is 7.21. The zero-order chi connectivity index (χ0) is 25.2. The van der Waals surface area contributed by atoms with Crippen LogP contribution in [0.5, 0.6) is 17.2 Å². The van der Waals surface area contributed by atoms with Crippen LogP contribution in [0.1, 0.15) is 48.1 Å². The largest absolute Gasteiger partial charge is 0.508 e. The fourth-order valence-electron chi connectivity index (χ4n) is 4.98. The van der Waals surface area contributed by atoms with Crippen LogP contribution in [0.25, 0.3) is 0 Å². The highest BCUT2D eigenvalue weighted by molar-refractivity contribution is 5.48. The summed E-state index contributed by atoms with van der Waals surface area (Å²) in [7, 11) is 3.40.